The van der Waals surface area contributed by atoms with E-state index < -0.39 is 0 Å². The first-order valence-corrected chi connectivity index (χ1v) is 9.63. The Hall–Kier alpha value is -2.08. The minimum absolute atomic E-state index is 0.00198. The van der Waals surface area contributed by atoms with Crippen LogP contribution in [0, 0.1) is 0 Å². The molecular formula is C21H26ClN3O2. The Kier molecular flexibility index (Phi) is 7.10. The molecule has 1 atom stereocenters. The van der Waals surface area contributed by atoms with Crippen LogP contribution >= 0.6 is 11.6 Å². The number of rotatable bonds is 7. The first kappa shape index (κ1) is 19.7. The Labute approximate surface area is 165 Å². The topological polar surface area (TPSA) is 44.8 Å². The van der Waals surface area contributed by atoms with E-state index in [-0.39, 0.29) is 18.6 Å². The summed E-state index contributed by atoms with van der Waals surface area (Å²) in [5.41, 5.74) is 1.05. The van der Waals surface area contributed by atoms with Crippen molar-refractivity contribution in [3.05, 3.63) is 65.2 Å². The normalized spacial score (nSPS) is 16.7. The number of ether oxygens (including phenoxy) is 1. The summed E-state index contributed by atoms with van der Waals surface area (Å²) >= 11 is 6.45. The third-order valence-electron chi connectivity index (χ3n) is 4.85. The van der Waals surface area contributed by atoms with Gasteiger partial charge in [0.05, 0.1) is 6.04 Å². The Morgan fingerprint density at radius 1 is 1.07 bits per heavy atom. The third kappa shape index (κ3) is 5.70. The standard InChI is InChI=1S/C21H26ClN3O2/c1-24-11-13-25(14-12-24)20(18-9-5-6-10-19(18)22)15-23-21(26)16-27-17-7-3-2-4-8-17/h2-10,20H,11-16H2,1H3,(H,23,26). The van der Waals surface area contributed by atoms with E-state index in [0.29, 0.717) is 12.3 Å². The molecule has 3 rings (SSSR count). The van der Waals surface area contributed by atoms with Gasteiger partial charge in [0.1, 0.15) is 5.75 Å². The molecule has 5 nitrogen and oxygen atoms in total. The molecule has 0 spiro atoms. The molecule has 2 aromatic carbocycles. The van der Waals surface area contributed by atoms with E-state index in [1.165, 1.54) is 0 Å². The lowest BCUT2D eigenvalue weighted by Crippen LogP contribution is -2.48. The summed E-state index contributed by atoms with van der Waals surface area (Å²) in [5.74, 6) is 0.555. The van der Waals surface area contributed by atoms with E-state index in [1.54, 1.807) is 0 Å². The predicted molar refractivity (Wildman–Crippen MR) is 108 cm³/mol. The molecule has 2 aromatic rings. The zero-order chi connectivity index (χ0) is 19.1. The van der Waals surface area contributed by atoms with Crippen molar-refractivity contribution in [1.29, 1.82) is 0 Å². The fourth-order valence-electron chi connectivity index (χ4n) is 3.24. The zero-order valence-corrected chi connectivity index (χ0v) is 16.4. The van der Waals surface area contributed by atoms with Crippen LogP contribution in [0.15, 0.2) is 54.6 Å². The lowest BCUT2D eigenvalue weighted by atomic mass is 10.0. The number of amides is 1. The van der Waals surface area contributed by atoms with E-state index in [0.717, 1.165) is 36.8 Å². The fourth-order valence-corrected chi connectivity index (χ4v) is 3.50. The highest BCUT2D eigenvalue weighted by Crippen LogP contribution is 2.27. The number of carbonyl (C=O) groups excluding carboxylic acids is 1. The molecule has 27 heavy (non-hydrogen) atoms. The van der Waals surface area contributed by atoms with Gasteiger partial charge in [-0.3, -0.25) is 9.69 Å². The zero-order valence-electron chi connectivity index (χ0n) is 15.6. The maximum absolute atomic E-state index is 12.3. The number of nitrogens with one attached hydrogen (secondary N) is 1. The summed E-state index contributed by atoms with van der Waals surface area (Å²) in [6, 6.07) is 17.3. The van der Waals surface area contributed by atoms with E-state index in [9.17, 15) is 4.79 Å². The third-order valence-corrected chi connectivity index (χ3v) is 5.19. The monoisotopic (exact) mass is 387 g/mol. The number of hydrogen-bond donors (Lipinski definition) is 1. The lowest BCUT2D eigenvalue weighted by molar-refractivity contribution is -0.123. The summed E-state index contributed by atoms with van der Waals surface area (Å²) in [7, 11) is 2.13. The first-order valence-electron chi connectivity index (χ1n) is 9.25. The van der Waals surface area contributed by atoms with Crippen LogP contribution in [0.3, 0.4) is 0 Å². The molecule has 0 radical (unpaired) electrons. The fraction of sp³-hybridized carbons (Fsp3) is 0.381. The molecule has 1 fully saturated rings. The van der Waals surface area contributed by atoms with Crippen LogP contribution in [0.1, 0.15) is 11.6 Å². The second-order valence-corrected chi connectivity index (χ2v) is 7.19. The van der Waals surface area contributed by atoms with Gasteiger partial charge >= 0.3 is 0 Å². The molecule has 0 aliphatic carbocycles. The molecule has 0 aromatic heterocycles. The molecule has 1 N–H and O–H groups in total. The predicted octanol–water partition coefficient (Wildman–Crippen LogP) is 2.82. The molecule has 6 heteroatoms. The quantitative estimate of drug-likeness (QED) is 0.793. The first-order chi connectivity index (χ1) is 13.1. The Bertz CT molecular complexity index is 733. The molecule has 0 bridgehead atoms. The van der Waals surface area contributed by atoms with Gasteiger partial charge in [0.2, 0.25) is 0 Å². The highest BCUT2D eigenvalue weighted by Gasteiger charge is 2.25. The summed E-state index contributed by atoms with van der Waals surface area (Å²) in [4.78, 5) is 17.0. The summed E-state index contributed by atoms with van der Waals surface area (Å²) in [6.45, 7) is 4.41. The number of carbonyl (C=O) groups is 1. The largest absolute Gasteiger partial charge is 0.484 e. The minimum Gasteiger partial charge on any atom is -0.484 e. The van der Waals surface area contributed by atoms with Gasteiger partial charge in [-0.2, -0.15) is 0 Å². The number of nitrogens with zero attached hydrogens (tertiary/aromatic N) is 2. The molecule has 1 aliphatic heterocycles. The lowest BCUT2D eigenvalue weighted by Gasteiger charge is -2.38. The Balaban J connectivity index is 1.61. The number of piperazine rings is 1. The second kappa shape index (κ2) is 9.74. The van der Waals surface area contributed by atoms with Gasteiger partial charge in [-0.05, 0) is 30.8 Å². The number of halogens is 1. The Morgan fingerprint density at radius 3 is 2.44 bits per heavy atom. The van der Waals surface area contributed by atoms with Crippen molar-refractivity contribution in [3.8, 4) is 5.75 Å². The van der Waals surface area contributed by atoms with Crippen LogP contribution in [0.4, 0.5) is 0 Å². The van der Waals surface area contributed by atoms with Crippen molar-refractivity contribution in [3.63, 3.8) is 0 Å². The van der Waals surface area contributed by atoms with Gasteiger partial charge in [0.25, 0.3) is 5.91 Å². The molecule has 1 amide bonds. The second-order valence-electron chi connectivity index (χ2n) is 6.78. The number of benzene rings is 2. The Morgan fingerprint density at radius 2 is 1.74 bits per heavy atom. The van der Waals surface area contributed by atoms with Crippen LogP contribution in [-0.2, 0) is 4.79 Å². The van der Waals surface area contributed by atoms with E-state index in [2.05, 4.69) is 22.2 Å². The molecule has 1 saturated heterocycles. The van der Waals surface area contributed by atoms with Gasteiger partial charge < -0.3 is 15.0 Å². The molecule has 0 saturated carbocycles. The van der Waals surface area contributed by atoms with Crippen LogP contribution in [-0.4, -0.2) is 62.1 Å². The SMILES string of the molecule is CN1CCN(C(CNC(=O)COc2ccccc2)c2ccccc2Cl)CC1. The smallest absolute Gasteiger partial charge is 0.258 e. The van der Waals surface area contributed by atoms with Crippen molar-refractivity contribution in [1.82, 2.24) is 15.1 Å². The van der Waals surface area contributed by atoms with E-state index in [1.807, 2.05) is 54.6 Å². The van der Waals surface area contributed by atoms with Crippen LogP contribution in [0.25, 0.3) is 0 Å². The molecule has 144 valence electrons. The van der Waals surface area contributed by atoms with Gasteiger partial charge in [0, 0.05) is 37.7 Å². The number of hydrogen-bond acceptors (Lipinski definition) is 4. The maximum atomic E-state index is 12.3. The average Bonchev–Trinajstić information content (AvgIpc) is 2.70. The van der Waals surface area contributed by atoms with Crippen molar-refractivity contribution < 1.29 is 9.53 Å². The van der Waals surface area contributed by atoms with Gasteiger partial charge in [-0.15, -0.1) is 0 Å². The summed E-state index contributed by atoms with van der Waals surface area (Å²) in [5, 5.41) is 3.74. The summed E-state index contributed by atoms with van der Waals surface area (Å²) in [6.07, 6.45) is 0. The summed E-state index contributed by atoms with van der Waals surface area (Å²) < 4.78 is 5.53. The number of likely N-dealkylation sites (N-methyl/N-ethyl adjacent to an activating group) is 1. The van der Waals surface area contributed by atoms with Crippen LogP contribution in [0.2, 0.25) is 5.02 Å². The van der Waals surface area contributed by atoms with Gasteiger partial charge in [-0.1, -0.05) is 48.0 Å². The molecular weight excluding hydrogens is 362 g/mol. The molecule has 1 unspecified atom stereocenters. The average molecular weight is 388 g/mol. The van der Waals surface area contributed by atoms with Crippen molar-refractivity contribution in [2.75, 3.05) is 46.4 Å². The van der Waals surface area contributed by atoms with E-state index >= 15 is 0 Å². The molecule has 1 heterocycles. The van der Waals surface area contributed by atoms with Gasteiger partial charge in [0.15, 0.2) is 6.61 Å². The van der Waals surface area contributed by atoms with Crippen molar-refractivity contribution in [2.45, 2.75) is 6.04 Å². The van der Waals surface area contributed by atoms with Crippen molar-refractivity contribution in [2.24, 2.45) is 0 Å². The minimum atomic E-state index is -0.134. The van der Waals surface area contributed by atoms with Crippen molar-refractivity contribution >= 4 is 17.5 Å². The highest BCUT2D eigenvalue weighted by molar-refractivity contribution is 6.31. The van der Waals surface area contributed by atoms with Crippen LogP contribution in [0.5, 0.6) is 5.75 Å². The van der Waals surface area contributed by atoms with Gasteiger partial charge in [-0.25, -0.2) is 0 Å². The molecule has 1 aliphatic rings. The van der Waals surface area contributed by atoms with E-state index in [4.69, 9.17) is 16.3 Å². The van der Waals surface area contributed by atoms with Crippen LogP contribution < -0.4 is 10.1 Å². The highest BCUT2D eigenvalue weighted by atomic mass is 35.5. The number of para-hydroxylation sites is 1. The maximum Gasteiger partial charge on any atom is 0.258 e.